The largest absolute Gasteiger partial charge is 0.389 e. The topological polar surface area (TPSA) is 38.7 Å². The normalized spacial score (nSPS) is 16.0. The van der Waals surface area contributed by atoms with Crippen LogP contribution in [0.3, 0.4) is 0 Å². The zero-order valence-electron chi connectivity index (χ0n) is 12.1. The number of rotatable bonds is 4. The Hall–Kier alpha value is -0.343. The zero-order chi connectivity index (χ0) is 13.7. The molecule has 0 saturated heterocycles. The summed E-state index contributed by atoms with van der Waals surface area (Å²) in [5, 5.41) is 10.2. The van der Waals surface area contributed by atoms with Crippen LogP contribution in [0.1, 0.15) is 20.8 Å². The predicted molar refractivity (Wildman–Crippen MR) is 73.3 cm³/mol. The van der Waals surface area contributed by atoms with Gasteiger partial charge in [-0.1, -0.05) is 46.3 Å². The second-order valence-corrected chi connectivity index (χ2v) is 11.1. The highest BCUT2D eigenvalue weighted by atomic mass is 28.3. The van der Waals surface area contributed by atoms with Gasteiger partial charge in [0.2, 0.25) is 0 Å². The van der Waals surface area contributed by atoms with Crippen LogP contribution in [0.15, 0.2) is 0 Å². The first-order chi connectivity index (χ1) is 7.58. The molecule has 0 aromatic rings. The van der Waals surface area contributed by atoms with Gasteiger partial charge in [-0.15, -0.1) is 5.54 Å². The van der Waals surface area contributed by atoms with Crippen molar-refractivity contribution in [2.24, 2.45) is 5.41 Å². The lowest BCUT2D eigenvalue weighted by Gasteiger charge is -2.30. The number of aliphatic hydroxyl groups is 1. The molecule has 0 rings (SSSR count). The van der Waals surface area contributed by atoms with E-state index in [0.717, 1.165) is 0 Å². The van der Waals surface area contributed by atoms with Crippen molar-refractivity contribution in [3.05, 3.63) is 0 Å². The fourth-order valence-corrected chi connectivity index (χ4v) is 1.67. The van der Waals surface area contributed by atoms with Gasteiger partial charge in [-0.2, -0.15) is 0 Å². The minimum absolute atomic E-state index is 0.151. The molecule has 0 spiro atoms. The van der Waals surface area contributed by atoms with Crippen LogP contribution in [0.2, 0.25) is 19.6 Å². The number of methoxy groups -OCH3 is 1. The molecule has 0 fully saturated rings. The first-order valence-electron chi connectivity index (χ1n) is 5.89. The second-order valence-electron chi connectivity index (χ2n) is 6.32. The molecule has 1 N–H and O–H groups in total. The van der Waals surface area contributed by atoms with Gasteiger partial charge in [0.25, 0.3) is 0 Å². The lowest BCUT2D eigenvalue weighted by molar-refractivity contribution is -0.113. The van der Waals surface area contributed by atoms with E-state index in [2.05, 4.69) is 31.1 Å². The predicted octanol–water partition coefficient (Wildman–Crippen LogP) is 2.26. The summed E-state index contributed by atoms with van der Waals surface area (Å²) >= 11 is 0. The first-order valence-corrected chi connectivity index (χ1v) is 9.39. The van der Waals surface area contributed by atoms with Gasteiger partial charge in [0.1, 0.15) is 21.0 Å². The van der Waals surface area contributed by atoms with Gasteiger partial charge in [-0.05, 0) is 5.41 Å². The van der Waals surface area contributed by atoms with E-state index in [1.807, 2.05) is 20.8 Å². The fraction of sp³-hybridized carbons (Fsp3) is 0.846. The summed E-state index contributed by atoms with van der Waals surface area (Å²) in [5.41, 5.74) is 2.97. The van der Waals surface area contributed by atoms with E-state index in [1.165, 1.54) is 0 Å². The Morgan fingerprint density at radius 3 is 2.12 bits per heavy atom. The van der Waals surface area contributed by atoms with E-state index in [9.17, 15) is 5.11 Å². The number of hydrogen-bond donors (Lipinski definition) is 1. The Kier molecular flexibility index (Phi) is 6.42. The number of hydrogen-bond acceptors (Lipinski definition) is 3. The van der Waals surface area contributed by atoms with Crippen molar-refractivity contribution in [1.29, 1.82) is 0 Å². The third-order valence-corrected chi connectivity index (χ3v) is 3.02. The molecule has 0 saturated carbocycles. The Morgan fingerprint density at radius 1 is 1.24 bits per heavy atom. The zero-order valence-corrected chi connectivity index (χ0v) is 13.1. The molecule has 0 bridgehead atoms. The fourth-order valence-electron chi connectivity index (χ4n) is 1.09. The number of aliphatic hydroxyl groups excluding tert-OH is 1. The van der Waals surface area contributed by atoms with Gasteiger partial charge < -0.3 is 14.6 Å². The summed E-state index contributed by atoms with van der Waals surface area (Å²) in [6.45, 7) is 12.5. The van der Waals surface area contributed by atoms with Crippen LogP contribution in [-0.4, -0.2) is 39.3 Å². The minimum Gasteiger partial charge on any atom is -0.389 e. The smallest absolute Gasteiger partial charge is 0.148 e. The van der Waals surface area contributed by atoms with Crippen molar-refractivity contribution in [3.8, 4) is 11.5 Å². The van der Waals surface area contributed by atoms with Gasteiger partial charge in [0.15, 0.2) is 0 Å². The van der Waals surface area contributed by atoms with Crippen LogP contribution in [0.5, 0.6) is 0 Å². The lowest BCUT2D eigenvalue weighted by atomic mass is 9.86. The second kappa shape index (κ2) is 6.55. The molecule has 3 nitrogen and oxygen atoms in total. The highest BCUT2D eigenvalue weighted by Crippen LogP contribution is 2.23. The van der Waals surface area contributed by atoms with Gasteiger partial charge in [-0.25, -0.2) is 0 Å². The van der Waals surface area contributed by atoms with Gasteiger partial charge in [0, 0.05) is 7.11 Å². The summed E-state index contributed by atoms with van der Waals surface area (Å²) in [5.74, 6) is 3.06. The maximum atomic E-state index is 10.2. The maximum absolute atomic E-state index is 10.2. The molecule has 0 aliphatic carbocycles. The summed E-state index contributed by atoms with van der Waals surface area (Å²) in [4.78, 5) is 0. The molecule has 17 heavy (non-hydrogen) atoms. The molecular formula is C13H26O3Si. The van der Waals surface area contributed by atoms with Gasteiger partial charge in [0.05, 0.1) is 6.10 Å². The van der Waals surface area contributed by atoms with Crippen LogP contribution in [-0.2, 0) is 9.47 Å². The average Bonchev–Trinajstić information content (AvgIpc) is 2.14. The molecule has 0 amide bonds. The molecule has 2 atom stereocenters. The standard InChI is InChI=1S/C13H26O3Si/c1-13(2,3)12(14)11(16-10-15-4)8-9-17(5,6)7/h11-12,14H,10H2,1-7H3/t11-,12-/m1/s1. The lowest BCUT2D eigenvalue weighted by Crippen LogP contribution is -2.39. The first kappa shape index (κ1) is 16.7. The Labute approximate surface area is 107 Å². The SMILES string of the molecule is COCO[C@H](C#C[Si](C)(C)C)[C@@H](O)C(C)(C)C. The molecule has 0 aliphatic rings. The van der Waals surface area contributed by atoms with Crippen molar-refractivity contribution >= 4 is 8.07 Å². The number of ether oxygens (including phenoxy) is 2. The van der Waals surface area contributed by atoms with E-state index in [0.29, 0.717) is 0 Å². The van der Waals surface area contributed by atoms with Crippen molar-refractivity contribution in [3.63, 3.8) is 0 Å². The van der Waals surface area contributed by atoms with E-state index < -0.39 is 20.3 Å². The summed E-state index contributed by atoms with van der Waals surface area (Å²) in [7, 11) is 0.105. The van der Waals surface area contributed by atoms with Crippen LogP contribution >= 0.6 is 0 Å². The Bertz CT molecular complexity index is 278. The van der Waals surface area contributed by atoms with Gasteiger partial charge >= 0.3 is 0 Å². The Morgan fingerprint density at radius 2 is 1.76 bits per heavy atom. The summed E-state index contributed by atoms with van der Waals surface area (Å²) in [6.07, 6.45) is -1.11. The third-order valence-electron chi connectivity index (χ3n) is 2.13. The summed E-state index contributed by atoms with van der Waals surface area (Å²) in [6, 6.07) is 0. The molecule has 4 heteroatoms. The van der Waals surface area contributed by atoms with E-state index in [1.54, 1.807) is 7.11 Å². The average molecular weight is 258 g/mol. The van der Waals surface area contributed by atoms with E-state index in [4.69, 9.17) is 9.47 Å². The molecular weight excluding hydrogens is 232 g/mol. The molecule has 100 valence electrons. The molecule has 0 radical (unpaired) electrons. The highest BCUT2D eigenvalue weighted by Gasteiger charge is 2.30. The molecule has 0 aromatic heterocycles. The van der Waals surface area contributed by atoms with Crippen LogP contribution in [0.4, 0.5) is 0 Å². The Balaban J connectivity index is 4.81. The minimum atomic E-state index is -1.46. The molecule has 0 aromatic carbocycles. The van der Waals surface area contributed by atoms with Crippen molar-refractivity contribution in [2.45, 2.75) is 52.6 Å². The van der Waals surface area contributed by atoms with E-state index >= 15 is 0 Å². The van der Waals surface area contributed by atoms with E-state index in [-0.39, 0.29) is 12.2 Å². The van der Waals surface area contributed by atoms with Crippen LogP contribution in [0, 0.1) is 16.9 Å². The molecule has 0 heterocycles. The molecule has 0 unspecified atom stereocenters. The van der Waals surface area contributed by atoms with Crippen molar-refractivity contribution < 1.29 is 14.6 Å². The van der Waals surface area contributed by atoms with Crippen molar-refractivity contribution in [1.82, 2.24) is 0 Å². The highest BCUT2D eigenvalue weighted by molar-refractivity contribution is 6.83. The summed E-state index contributed by atoms with van der Waals surface area (Å²) < 4.78 is 10.3. The molecule has 0 aliphatic heterocycles. The maximum Gasteiger partial charge on any atom is 0.148 e. The monoisotopic (exact) mass is 258 g/mol. The van der Waals surface area contributed by atoms with Crippen molar-refractivity contribution in [2.75, 3.05) is 13.9 Å². The third kappa shape index (κ3) is 7.56. The van der Waals surface area contributed by atoms with Crippen LogP contribution < -0.4 is 0 Å². The van der Waals surface area contributed by atoms with Crippen LogP contribution in [0.25, 0.3) is 0 Å². The quantitative estimate of drug-likeness (QED) is 0.477. The van der Waals surface area contributed by atoms with Gasteiger partial charge in [-0.3, -0.25) is 0 Å².